The van der Waals surface area contributed by atoms with Crippen LogP contribution in [-0.4, -0.2) is 34.8 Å². The summed E-state index contributed by atoms with van der Waals surface area (Å²) in [6, 6.07) is 21.1. The lowest BCUT2D eigenvalue weighted by atomic mass is 9.95. The molecule has 0 spiro atoms. The maximum atomic E-state index is 13.6. The SMILES string of the molecule is CCOc1cccc(/C(O)=C2\C(=O)C(=O)N(CCc3ccccc3)C2c2ccc(F)cc2)c1. The molecule has 1 unspecified atom stereocenters. The Balaban J connectivity index is 1.78. The van der Waals surface area contributed by atoms with Gasteiger partial charge in [-0.25, -0.2) is 4.39 Å². The largest absolute Gasteiger partial charge is 0.507 e. The summed E-state index contributed by atoms with van der Waals surface area (Å²) < 4.78 is 19.1. The van der Waals surface area contributed by atoms with Crippen LogP contribution in [0.3, 0.4) is 0 Å². The van der Waals surface area contributed by atoms with E-state index in [-0.39, 0.29) is 17.9 Å². The van der Waals surface area contributed by atoms with E-state index in [4.69, 9.17) is 4.74 Å². The average Bonchev–Trinajstić information content (AvgIpc) is 3.08. The predicted octanol–water partition coefficient (Wildman–Crippen LogP) is 4.89. The van der Waals surface area contributed by atoms with Crippen molar-refractivity contribution in [1.82, 2.24) is 4.90 Å². The molecule has 33 heavy (non-hydrogen) atoms. The lowest BCUT2D eigenvalue weighted by molar-refractivity contribution is -0.139. The number of benzene rings is 3. The summed E-state index contributed by atoms with van der Waals surface area (Å²) in [6.45, 7) is 2.56. The number of hydrogen-bond acceptors (Lipinski definition) is 4. The fourth-order valence-corrected chi connectivity index (χ4v) is 4.05. The molecule has 0 radical (unpaired) electrons. The molecule has 1 aliphatic heterocycles. The monoisotopic (exact) mass is 445 g/mol. The zero-order chi connectivity index (χ0) is 23.4. The first-order chi connectivity index (χ1) is 16.0. The molecule has 5 nitrogen and oxygen atoms in total. The second-order valence-corrected chi connectivity index (χ2v) is 7.74. The Bertz CT molecular complexity index is 1190. The number of halogens is 1. The highest BCUT2D eigenvalue weighted by Gasteiger charge is 2.45. The molecule has 3 aromatic rings. The molecule has 0 aliphatic carbocycles. The van der Waals surface area contributed by atoms with E-state index in [9.17, 15) is 19.1 Å². The third-order valence-electron chi connectivity index (χ3n) is 5.63. The Morgan fingerprint density at radius 1 is 1.00 bits per heavy atom. The van der Waals surface area contributed by atoms with Crippen molar-refractivity contribution in [3.05, 3.63) is 107 Å². The second kappa shape index (κ2) is 9.69. The van der Waals surface area contributed by atoms with Gasteiger partial charge in [0.15, 0.2) is 0 Å². The van der Waals surface area contributed by atoms with Gasteiger partial charge in [0.25, 0.3) is 11.7 Å². The standard InChI is InChI=1S/C27H24FNO4/c1-2-33-22-10-6-9-20(17-22)25(30)23-24(19-11-13-21(28)14-12-19)29(27(32)26(23)31)16-15-18-7-4-3-5-8-18/h3-14,17,24,30H,2,15-16H2,1H3/b25-23+. The Morgan fingerprint density at radius 2 is 1.73 bits per heavy atom. The molecule has 1 aliphatic rings. The number of nitrogens with zero attached hydrogens (tertiary/aromatic N) is 1. The summed E-state index contributed by atoms with van der Waals surface area (Å²) in [4.78, 5) is 27.6. The van der Waals surface area contributed by atoms with Crippen LogP contribution in [0.4, 0.5) is 4.39 Å². The molecule has 0 saturated carbocycles. The molecule has 6 heteroatoms. The third kappa shape index (κ3) is 4.65. The summed E-state index contributed by atoms with van der Waals surface area (Å²) in [5.41, 5.74) is 1.91. The van der Waals surface area contributed by atoms with E-state index in [0.29, 0.717) is 29.9 Å². The maximum absolute atomic E-state index is 13.6. The minimum atomic E-state index is -0.829. The Hall–Kier alpha value is -3.93. The normalized spacial score (nSPS) is 17.4. The molecule has 4 rings (SSSR count). The summed E-state index contributed by atoms with van der Waals surface area (Å²) in [6.07, 6.45) is 0.533. The molecule has 1 amide bonds. The van der Waals surface area contributed by atoms with Gasteiger partial charge in [0.2, 0.25) is 0 Å². The summed E-state index contributed by atoms with van der Waals surface area (Å²) in [7, 11) is 0. The number of ether oxygens (including phenoxy) is 1. The summed E-state index contributed by atoms with van der Waals surface area (Å²) in [5.74, 6) is -1.63. The topological polar surface area (TPSA) is 66.8 Å². The first-order valence-electron chi connectivity index (χ1n) is 10.8. The van der Waals surface area contributed by atoms with E-state index in [0.717, 1.165) is 5.56 Å². The van der Waals surface area contributed by atoms with E-state index in [1.165, 1.54) is 29.2 Å². The predicted molar refractivity (Wildman–Crippen MR) is 123 cm³/mol. The Kier molecular flexibility index (Phi) is 6.54. The van der Waals surface area contributed by atoms with Crippen LogP contribution in [0, 0.1) is 5.82 Å². The van der Waals surface area contributed by atoms with Crippen molar-refractivity contribution < 1.29 is 23.8 Å². The molecule has 1 atom stereocenters. The number of likely N-dealkylation sites (tertiary alicyclic amines) is 1. The number of carbonyl (C=O) groups excluding carboxylic acids is 2. The van der Waals surface area contributed by atoms with Crippen LogP contribution in [0.25, 0.3) is 5.76 Å². The average molecular weight is 445 g/mol. The zero-order valence-electron chi connectivity index (χ0n) is 18.2. The second-order valence-electron chi connectivity index (χ2n) is 7.74. The number of amides is 1. The highest BCUT2D eigenvalue weighted by molar-refractivity contribution is 6.46. The number of aliphatic hydroxyl groups is 1. The van der Waals surface area contributed by atoms with E-state index < -0.39 is 23.5 Å². The van der Waals surface area contributed by atoms with Gasteiger partial charge in [0.05, 0.1) is 18.2 Å². The van der Waals surface area contributed by atoms with Gasteiger partial charge in [-0.15, -0.1) is 0 Å². The Morgan fingerprint density at radius 3 is 2.42 bits per heavy atom. The molecule has 3 aromatic carbocycles. The van der Waals surface area contributed by atoms with Crippen molar-refractivity contribution in [3.8, 4) is 5.75 Å². The lowest BCUT2D eigenvalue weighted by Gasteiger charge is -2.25. The van der Waals surface area contributed by atoms with E-state index in [1.54, 1.807) is 24.3 Å². The van der Waals surface area contributed by atoms with Crippen LogP contribution < -0.4 is 4.74 Å². The van der Waals surface area contributed by atoms with Gasteiger partial charge in [-0.3, -0.25) is 9.59 Å². The number of hydrogen-bond donors (Lipinski definition) is 1. The van der Waals surface area contributed by atoms with Gasteiger partial charge in [-0.2, -0.15) is 0 Å². The van der Waals surface area contributed by atoms with E-state index in [1.807, 2.05) is 37.3 Å². The fourth-order valence-electron chi connectivity index (χ4n) is 4.05. The van der Waals surface area contributed by atoms with Gasteiger partial charge < -0.3 is 14.7 Å². The number of rotatable bonds is 7. The molecule has 1 N–H and O–H groups in total. The van der Waals surface area contributed by atoms with Crippen LogP contribution in [0.2, 0.25) is 0 Å². The molecular formula is C27H24FNO4. The minimum absolute atomic E-state index is 0.0201. The maximum Gasteiger partial charge on any atom is 0.295 e. The van der Waals surface area contributed by atoms with Crippen LogP contribution in [0.15, 0.2) is 84.4 Å². The molecular weight excluding hydrogens is 421 g/mol. The first-order valence-corrected chi connectivity index (χ1v) is 10.8. The van der Waals surface area contributed by atoms with E-state index >= 15 is 0 Å². The summed E-state index contributed by atoms with van der Waals surface area (Å²) >= 11 is 0. The van der Waals surface area contributed by atoms with Crippen LogP contribution in [-0.2, 0) is 16.0 Å². The van der Waals surface area contributed by atoms with Crippen molar-refractivity contribution in [2.75, 3.05) is 13.2 Å². The third-order valence-corrected chi connectivity index (χ3v) is 5.63. The zero-order valence-corrected chi connectivity index (χ0v) is 18.2. The van der Waals surface area contributed by atoms with Gasteiger partial charge in [0, 0.05) is 12.1 Å². The fraction of sp³-hybridized carbons (Fsp3) is 0.185. The molecule has 168 valence electrons. The van der Waals surface area contributed by atoms with Crippen molar-refractivity contribution in [3.63, 3.8) is 0 Å². The van der Waals surface area contributed by atoms with Gasteiger partial charge in [-0.1, -0.05) is 54.6 Å². The minimum Gasteiger partial charge on any atom is -0.507 e. The highest BCUT2D eigenvalue weighted by atomic mass is 19.1. The number of ketones is 1. The first kappa shape index (κ1) is 22.3. The van der Waals surface area contributed by atoms with Gasteiger partial charge >= 0.3 is 0 Å². The van der Waals surface area contributed by atoms with Crippen molar-refractivity contribution >= 4 is 17.4 Å². The van der Waals surface area contributed by atoms with Gasteiger partial charge in [0.1, 0.15) is 17.3 Å². The lowest BCUT2D eigenvalue weighted by Crippen LogP contribution is -2.31. The van der Waals surface area contributed by atoms with Gasteiger partial charge in [-0.05, 0) is 48.7 Å². The number of carbonyl (C=O) groups is 2. The number of Topliss-reactive ketones (excluding diaryl/α,β-unsaturated/α-hetero) is 1. The Labute approximate surface area is 191 Å². The molecule has 1 heterocycles. The molecule has 0 bridgehead atoms. The smallest absolute Gasteiger partial charge is 0.295 e. The summed E-state index contributed by atoms with van der Waals surface area (Å²) in [5, 5.41) is 11.1. The van der Waals surface area contributed by atoms with Crippen molar-refractivity contribution in [2.45, 2.75) is 19.4 Å². The highest BCUT2D eigenvalue weighted by Crippen LogP contribution is 2.39. The quantitative estimate of drug-likeness (QED) is 0.320. The molecule has 1 saturated heterocycles. The molecule has 1 fully saturated rings. The van der Waals surface area contributed by atoms with Crippen LogP contribution in [0.1, 0.15) is 29.7 Å². The van der Waals surface area contributed by atoms with E-state index in [2.05, 4.69) is 0 Å². The van der Waals surface area contributed by atoms with Crippen LogP contribution in [0.5, 0.6) is 5.75 Å². The molecule has 0 aromatic heterocycles. The van der Waals surface area contributed by atoms with Crippen LogP contribution >= 0.6 is 0 Å². The van der Waals surface area contributed by atoms with Crippen molar-refractivity contribution in [2.24, 2.45) is 0 Å². The van der Waals surface area contributed by atoms with Crippen molar-refractivity contribution in [1.29, 1.82) is 0 Å². The number of aliphatic hydroxyl groups excluding tert-OH is 1.